The van der Waals surface area contributed by atoms with Crippen molar-refractivity contribution >= 4 is 15.9 Å². The molecule has 0 N–H and O–H groups in total. The standard InChI is InChI=1S/C22H31N3O4S/c1-18-7-11-21(12-8-18)30(27,28)24(14-5-15-29-3)17-22(26)25(19-9-10-19)16-20-6-4-13-23(20)2/h4,6-8,11-13,19H,5,9-10,14-17H2,1-3H3. The van der Waals surface area contributed by atoms with E-state index in [1.54, 1.807) is 31.4 Å². The number of nitrogens with zero attached hydrogens (tertiary/aromatic N) is 3. The van der Waals surface area contributed by atoms with Crippen LogP contribution in [-0.2, 0) is 33.1 Å². The first-order chi connectivity index (χ1) is 14.3. The van der Waals surface area contributed by atoms with Gasteiger partial charge >= 0.3 is 0 Å². The van der Waals surface area contributed by atoms with E-state index in [1.807, 2.05) is 41.8 Å². The summed E-state index contributed by atoms with van der Waals surface area (Å²) in [6.45, 7) is 2.90. The van der Waals surface area contributed by atoms with Crippen molar-refractivity contribution in [3.63, 3.8) is 0 Å². The highest BCUT2D eigenvalue weighted by Crippen LogP contribution is 2.29. The van der Waals surface area contributed by atoms with Crippen LogP contribution in [0.5, 0.6) is 0 Å². The van der Waals surface area contributed by atoms with E-state index in [2.05, 4.69) is 0 Å². The van der Waals surface area contributed by atoms with Gasteiger partial charge in [-0.05, 0) is 50.5 Å². The molecule has 0 unspecified atom stereocenters. The Morgan fingerprint density at radius 2 is 1.90 bits per heavy atom. The van der Waals surface area contributed by atoms with E-state index in [-0.39, 0.29) is 29.9 Å². The average molecular weight is 434 g/mol. The zero-order valence-electron chi connectivity index (χ0n) is 18.0. The molecule has 1 saturated carbocycles. The van der Waals surface area contributed by atoms with Crippen LogP contribution in [0.25, 0.3) is 0 Å². The summed E-state index contributed by atoms with van der Waals surface area (Å²) in [7, 11) is -0.247. The van der Waals surface area contributed by atoms with Crippen molar-refractivity contribution in [2.75, 3.05) is 26.8 Å². The van der Waals surface area contributed by atoms with E-state index in [9.17, 15) is 13.2 Å². The highest BCUT2D eigenvalue weighted by atomic mass is 32.2. The fourth-order valence-electron chi connectivity index (χ4n) is 3.41. The Morgan fingerprint density at radius 3 is 2.47 bits per heavy atom. The van der Waals surface area contributed by atoms with E-state index in [0.717, 1.165) is 24.1 Å². The summed E-state index contributed by atoms with van der Waals surface area (Å²) < 4.78 is 34.9. The van der Waals surface area contributed by atoms with Gasteiger partial charge in [-0.1, -0.05) is 17.7 Å². The molecule has 0 saturated heterocycles. The first-order valence-electron chi connectivity index (χ1n) is 10.3. The predicted molar refractivity (Wildman–Crippen MR) is 115 cm³/mol. The van der Waals surface area contributed by atoms with Crippen molar-refractivity contribution in [3.8, 4) is 0 Å². The summed E-state index contributed by atoms with van der Waals surface area (Å²) in [6, 6.07) is 10.9. The summed E-state index contributed by atoms with van der Waals surface area (Å²) in [4.78, 5) is 15.2. The monoisotopic (exact) mass is 433 g/mol. The molecule has 2 aromatic rings. The van der Waals surface area contributed by atoms with Gasteiger partial charge in [0.2, 0.25) is 15.9 Å². The molecule has 1 aliphatic carbocycles. The maximum Gasteiger partial charge on any atom is 0.243 e. The van der Waals surface area contributed by atoms with E-state index in [0.29, 0.717) is 19.6 Å². The van der Waals surface area contributed by atoms with Gasteiger partial charge in [0, 0.05) is 45.2 Å². The molecule has 0 bridgehead atoms. The first kappa shape index (κ1) is 22.5. The summed E-state index contributed by atoms with van der Waals surface area (Å²) in [5.74, 6) is -0.160. The van der Waals surface area contributed by atoms with E-state index in [4.69, 9.17) is 4.74 Å². The normalized spacial score (nSPS) is 14.3. The molecule has 1 aliphatic rings. The molecule has 8 heteroatoms. The molecule has 1 fully saturated rings. The minimum atomic E-state index is -3.78. The zero-order valence-corrected chi connectivity index (χ0v) is 18.8. The number of carbonyl (C=O) groups excluding carboxylic acids is 1. The fraction of sp³-hybridized carbons (Fsp3) is 0.500. The molecule has 0 spiro atoms. The molecule has 1 aromatic carbocycles. The highest BCUT2D eigenvalue weighted by Gasteiger charge is 2.35. The fourth-order valence-corrected chi connectivity index (χ4v) is 4.84. The Kier molecular flexibility index (Phi) is 7.33. The number of hydrogen-bond acceptors (Lipinski definition) is 4. The van der Waals surface area contributed by atoms with Gasteiger partial charge in [-0.15, -0.1) is 0 Å². The van der Waals surface area contributed by atoms with Gasteiger partial charge in [-0.3, -0.25) is 4.79 Å². The van der Waals surface area contributed by atoms with Crippen LogP contribution in [0.4, 0.5) is 0 Å². The molecule has 1 heterocycles. The van der Waals surface area contributed by atoms with Crippen molar-refractivity contribution < 1.29 is 17.9 Å². The summed E-state index contributed by atoms with van der Waals surface area (Å²) in [5.41, 5.74) is 2.01. The molecule has 164 valence electrons. The molecule has 1 aromatic heterocycles. The maximum atomic E-state index is 13.3. The van der Waals surface area contributed by atoms with Crippen molar-refractivity contribution in [1.29, 1.82) is 0 Å². The quantitative estimate of drug-likeness (QED) is 0.511. The third-order valence-corrected chi connectivity index (χ3v) is 7.28. The molecular formula is C22H31N3O4S. The van der Waals surface area contributed by atoms with E-state index in [1.165, 1.54) is 4.31 Å². The lowest BCUT2D eigenvalue weighted by atomic mass is 10.2. The molecule has 0 radical (unpaired) electrons. The van der Waals surface area contributed by atoms with Crippen LogP contribution < -0.4 is 0 Å². The minimum Gasteiger partial charge on any atom is -0.385 e. The number of rotatable bonds is 11. The first-order valence-corrected chi connectivity index (χ1v) is 11.7. The van der Waals surface area contributed by atoms with Gasteiger partial charge in [-0.2, -0.15) is 4.31 Å². The van der Waals surface area contributed by atoms with E-state index < -0.39 is 10.0 Å². The van der Waals surface area contributed by atoms with Crippen LogP contribution in [0.15, 0.2) is 47.5 Å². The van der Waals surface area contributed by atoms with Crippen LogP contribution in [0, 0.1) is 6.92 Å². The van der Waals surface area contributed by atoms with Crippen molar-refractivity contribution in [2.24, 2.45) is 7.05 Å². The third kappa shape index (κ3) is 5.50. The second-order valence-electron chi connectivity index (χ2n) is 7.86. The molecule has 30 heavy (non-hydrogen) atoms. The van der Waals surface area contributed by atoms with Crippen LogP contribution in [0.1, 0.15) is 30.5 Å². The molecule has 0 aliphatic heterocycles. The smallest absolute Gasteiger partial charge is 0.243 e. The van der Waals surface area contributed by atoms with Gasteiger partial charge in [0.15, 0.2) is 0 Å². The van der Waals surface area contributed by atoms with Crippen molar-refractivity contribution in [1.82, 2.24) is 13.8 Å². The summed E-state index contributed by atoms with van der Waals surface area (Å²) in [5, 5.41) is 0. The molecular weight excluding hydrogens is 402 g/mol. The van der Waals surface area contributed by atoms with E-state index >= 15 is 0 Å². The second-order valence-corrected chi connectivity index (χ2v) is 9.80. The second kappa shape index (κ2) is 9.76. The van der Waals surface area contributed by atoms with Crippen LogP contribution in [0.3, 0.4) is 0 Å². The lowest BCUT2D eigenvalue weighted by Gasteiger charge is -2.27. The largest absolute Gasteiger partial charge is 0.385 e. The molecule has 3 rings (SSSR count). The summed E-state index contributed by atoms with van der Waals surface area (Å²) >= 11 is 0. The Labute approximate surface area is 179 Å². The van der Waals surface area contributed by atoms with Crippen molar-refractivity contribution in [3.05, 3.63) is 53.9 Å². The highest BCUT2D eigenvalue weighted by molar-refractivity contribution is 7.89. The van der Waals surface area contributed by atoms with Gasteiger partial charge in [0.1, 0.15) is 0 Å². The number of sulfonamides is 1. The summed E-state index contributed by atoms with van der Waals surface area (Å²) in [6.07, 6.45) is 4.40. The lowest BCUT2D eigenvalue weighted by molar-refractivity contribution is -0.132. The molecule has 1 amide bonds. The number of aromatic nitrogens is 1. The van der Waals surface area contributed by atoms with Gasteiger partial charge in [0.05, 0.1) is 18.0 Å². The number of aryl methyl sites for hydroxylation is 2. The van der Waals surface area contributed by atoms with Gasteiger partial charge < -0.3 is 14.2 Å². The topological polar surface area (TPSA) is 71.8 Å². The Hall–Kier alpha value is -2.16. The number of ether oxygens (including phenoxy) is 1. The Morgan fingerprint density at radius 1 is 1.20 bits per heavy atom. The van der Waals surface area contributed by atoms with Gasteiger partial charge in [-0.25, -0.2) is 8.42 Å². The number of benzene rings is 1. The Bertz CT molecular complexity index is 949. The minimum absolute atomic E-state index is 0.160. The van der Waals surface area contributed by atoms with Gasteiger partial charge in [0.25, 0.3) is 0 Å². The Balaban J connectivity index is 1.79. The number of carbonyl (C=O) groups is 1. The average Bonchev–Trinajstić information content (AvgIpc) is 3.47. The number of hydrogen-bond donors (Lipinski definition) is 0. The number of methoxy groups -OCH3 is 1. The number of amides is 1. The zero-order chi connectivity index (χ0) is 21.7. The van der Waals surface area contributed by atoms with Crippen LogP contribution in [-0.4, -0.2) is 60.9 Å². The lowest BCUT2D eigenvalue weighted by Crippen LogP contribution is -2.44. The molecule has 0 atom stereocenters. The third-order valence-electron chi connectivity index (χ3n) is 5.42. The van der Waals surface area contributed by atoms with Crippen LogP contribution in [0.2, 0.25) is 0 Å². The predicted octanol–water partition coefficient (Wildman–Crippen LogP) is 2.55. The molecule has 7 nitrogen and oxygen atoms in total. The van der Waals surface area contributed by atoms with Crippen LogP contribution >= 0.6 is 0 Å². The maximum absolute atomic E-state index is 13.3. The van der Waals surface area contributed by atoms with Crippen molar-refractivity contribution in [2.45, 2.75) is 43.7 Å². The SMILES string of the molecule is COCCCN(CC(=O)N(Cc1cccn1C)C1CC1)S(=O)(=O)c1ccc(C)cc1.